The standard InChI is InChI=1S/C14H29NO/c1-5-6-7-10-15-11-8-9-13(15)12-16-14(2,3)4/h13H,5-12H2,1-4H3. The predicted molar refractivity (Wildman–Crippen MR) is 69.8 cm³/mol. The zero-order chi connectivity index (χ0) is 12.0. The summed E-state index contributed by atoms with van der Waals surface area (Å²) in [6.07, 6.45) is 6.70. The molecular weight excluding hydrogens is 198 g/mol. The number of likely N-dealkylation sites (tertiary alicyclic amines) is 1. The summed E-state index contributed by atoms with van der Waals surface area (Å²) >= 11 is 0. The molecule has 16 heavy (non-hydrogen) atoms. The zero-order valence-corrected chi connectivity index (χ0v) is 11.6. The van der Waals surface area contributed by atoms with Crippen LogP contribution >= 0.6 is 0 Å². The molecule has 2 nitrogen and oxygen atoms in total. The summed E-state index contributed by atoms with van der Waals surface area (Å²) in [4.78, 5) is 2.63. The second-order valence-corrected chi connectivity index (χ2v) is 5.96. The Labute approximate surface area is 101 Å². The molecule has 0 spiro atoms. The molecule has 0 radical (unpaired) electrons. The highest BCUT2D eigenvalue weighted by molar-refractivity contribution is 4.79. The van der Waals surface area contributed by atoms with Gasteiger partial charge in [0, 0.05) is 6.04 Å². The van der Waals surface area contributed by atoms with Gasteiger partial charge >= 0.3 is 0 Å². The third-order valence-corrected chi connectivity index (χ3v) is 3.26. The van der Waals surface area contributed by atoms with Crippen molar-refractivity contribution in [2.24, 2.45) is 0 Å². The Hall–Kier alpha value is -0.0800. The van der Waals surface area contributed by atoms with Gasteiger partial charge in [-0.2, -0.15) is 0 Å². The van der Waals surface area contributed by atoms with Crippen LogP contribution in [0, 0.1) is 0 Å². The van der Waals surface area contributed by atoms with Crippen LogP contribution in [0.5, 0.6) is 0 Å². The normalized spacial score (nSPS) is 22.9. The maximum absolute atomic E-state index is 5.91. The molecule has 1 aliphatic rings. The van der Waals surface area contributed by atoms with Crippen LogP contribution in [-0.4, -0.2) is 36.2 Å². The van der Waals surface area contributed by atoms with E-state index in [1.54, 1.807) is 0 Å². The fraction of sp³-hybridized carbons (Fsp3) is 1.00. The second-order valence-electron chi connectivity index (χ2n) is 5.96. The van der Waals surface area contributed by atoms with E-state index in [1.807, 2.05) is 0 Å². The molecule has 1 saturated heterocycles. The Morgan fingerprint density at radius 2 is 2.00 bits per heavy atom. The molecule has 1 rings (SSSR count). The molecule has 1 aliphatic heterocycles. The molecule has 1 heterocycles. The topological polar surface area (TPSA) is 12.5 Å². The molecule has 96 valence electrons. The zero-order valence-electron chi connectivity index (χ0n) is 11.6. The number of ether oxygens (including phenoxy) is 1. The van der Waals surface area contributed by atoms with E-state index < -0.39 is 0 Å². The van der Waals surface area contributed by atoms with Crippen molar-refractivity contribution in [2.75, 3.05) is 19.7 Å². The van der Waals surface area contributed by atoms with Crippen molar-refractivity contribution in [2.45, 2.75) is 71.4 Å². The molecule has 0 N–H and O–H groups in total. The molecule has 1 atom stereocenters. The first kappa shape index (κ1) is 14.0. The van der Waals surface area contributed by atoms with Gasteiger partial charge in [0.1, 0.15) is 0 Å². The van der Waals surface area contributed by atoms with E-state index in [4.69, 9.17) is 4.74 Å². The van der Waals surface area contributed by atoms with Crippen LogP contribution < -0.4 is 0 Å². The Kier molecular flexibility index (Phi) is 5.77. The third kappa shape index (κ3) is 5.31. The largest absolute Gasteiger partial charge is 0.374 e. The van der Waals surface area contributed by atoms with Crippen LogP contribution in [0.1, 0.15) is 59.8 Å². The van der Waals surface area contributed by atoms with Crippen LogP contribution in [0.4, 0.5) is 0 Å². The molecule has 0 aromatic heterocycles. The first-order valence-corrected chi connectivity index (χ1v) is 6.91. The van der Waals surface area contributed by atoms with E-state index in [1.165, 1.54) is 45.2 Å². The van der Waals surface area contributed by atoms with Gasteiger partial charge in [-0.25, -0.2) is 0 Å². The third-order valence-electron chi connectivity index (χ3n) is 3.26. The van der Waals surface area contributed by atoms with E-state index in [-0.39, 0.29) is 5.60 Å². The van der Waals surface area contributed by atoms with Gasteiger partial charge in [-0.1, -0.05) is 19.8 Å². The Balaban J connectivity index is 2.23. The van der Waals surface area contributed by atoms with Gasteiger partial charge in [0.05, 0.1) is 12.2 Å². The summed E-state index contributed by atoms with van der Waals surface area (Å²) in [5.41, 5.74) is 0.0116. The predicted octanol–water partition coefficient (Wildman–Crippen LogP) is 3.46. The van der Waals surface area contributed by atoms with Gasteiger partial charge < -0.3 is 4.74 Å². The van der Waals surface area contributed by atoms with E-state index in [0.29, 0.717) is 6.04 Å². The van der Waals surface area contributed by atoms with E-state index in [2.05, 4.69) is 32.6 Å². The van der Waals surface area contributed by atoms with Gasteiger partial charge in [0.25, 0.3) is 0 Å². The van der Waals surface area contributed by atoms with Gasteiger partial charge in [0.2, 0.25) is 0 Å². The minimum absolute atomic E-state index is 0.0116. The highest BCUT2D eigenvalue weighted by Gasteiger charge is 2.25. The summed E-state index contributed by atoms with van der Waals surface area (Å²) in [7, 11) is 0. The van der Waals surface area contributed by atoms with Crippen molar-refractivity contribution >= 4 is 0 Å². The summed E-state index contributed by atoms with van der Waals surface area (Å²) < 4.78 is 5.91. The van der Waals surface area contributed by atoms with Gasteiger partial charge in [-0.15, -0.1) is 0 Å². The summed E-state index contributed by atoms with van der Waals surface area (Å²) in [5, 5.41) is 0. The van der Waals surface area contributed by atoms with Crippen LogP contribution in [0.3, 0.4) is 0 Å². The van der Waals surface area contributed by atoms with Crippen molar-refractivity contribution in [3.05, 3.63) is 0 Å². The molecule has 0 amide bonds. The van der Waals surface area contributed by atoms with E-state index >= 15 is 0 Å². The molecule has 0 aliphatic carbocycles. The smallest absolute Gasteiger partial charge is 0.0628 e. The fourth-order valence-electron chi connectivity index (χ4n) is 2.29. The SMILES string of the molecule is CCCCCN1CCCC1COC(C)(C)C. The second kappa shape index (κ2) is 6.61. The van der Waals surface area contributed by atoms with Crippen LogP contribution in [0.15, 0.2) is 0 Å². The molecule has 0 saturated carbocycles. The lowest BCUT2D eigenvalue weighted by atomic mass is 10.1. The number of rotatable bonds is 6. The van der Waals surface area contributed by atoms with Gasteiger partial charge in [-0.05, 0) is 53.1 Å². The number of hydrogen-bond acceptors (Lipinski definition) is 2. The lowest BCUT2D eigenvalue weighted by Crippen LogP contribution is -2.36. The summed E-state index contributed by atoms with van der Waals surface area (Å²) in [6.45, 7) is 12.2. The lowest BCUT2D eigenvalue weighted by Gasteiger charge is -2.28. The first-order valence-electron chi connectivity index (χ1n) is 6.91. The Morgan fingerprint density at radius 1 is 1.25 bits per heavy atom. The Morgan fingerprint density at radius 3 is 2.62 bits per heavy atom. The van der Waals surface area contributed by atoms with Gasteiger partial charge in [0.15, 0.2) is 0 Å². The van der Waals surface area contributed by atoms with Crippen LogP contribution in [0.25, 0.3) is 0 Å². The molecule has 1 unspecified atom stereocenters. The molecule has 0 bridgehead atoms. The van der Waals surface area contributed by atoms with Crippen molar-refractivity contribution < 1.29 is 4.74 Å². The molecule has 2 heteroatoms. The highest BCUT2D eigenvalue weighted by atomic mass is 16.5. The minimum Gasteiger partial charge on any atom is -0.374 e. The average molecular weight is 227 g/mol. The quantitative estimate of drug-likeness (QED) is 0.644. The van der Waals surface area contributed by atoms with Crippen molar-refractivity contribution in [3.8, 4) is 0 Å². The van der Waals surface area contributed by atoms with Crippen LogP contribution in [-0.2, 0) is 4.74 Å². The average Bonchev–Trinajstić information content (AvgIpc) is 2.62. The monoisotopic (exact) mass is 227 g/mol. The molecular formula is C14H29NO. The summed E-state index contributed by atoms with van der Waals surface area (Å²) in [6, 6.07) is 0.677. The number of nitrogens with zero attached hydrogens (tertiary/aromatic N) is 1. The first-order chi connectivity index (χ1) is 7.53. The number of unbranched alkanes of at least 4 members (excludes halogenated alkanes) is 2. The number of hydrogen-bond donors (Lipinski definition) is 0. The van der Waals surface area contributed by atoms with Gasteiger partial charge in [-0.3, -0.25) is 4.90 Å². The van der Waals surface area contributed by atoms with E-state index in [0.717, 1.165) is 6.61 Å². The highest BCUT2D eigenvalue weighted by Crippen LogP contribution is 2.20. The van der Waals surface area contributed by atoms with E-state index in [9.17, 15) is 0 Å². The molecule has 1 fully saturated rings. The summed E-state index contributed by atoms with van der Waals surface area (Å²) in [5.74, 6) is 0. The maximum Gasteiger partial charge on any atom is 0.0628 e. The Bertz CT molecular complexity index is 186. The molecule has 0 aromatic carbocycles. The van der Waals surface area contributed by atoms with Crippen molar-refractivity contribution in [3.63, 3.8) is 0 Å². The maximum atomic E-state index is 5.91. The van der Waals surface area contributed by atoms with Crippen molar-refractivity contribution in [1.29, 1.82) is 0 Å². The molecule has 0 aromatic rings. The minimum atomic E-state index is 0.0116. The van der Waals surface area contributed by atoms with Crippen LogP contribution in [0.2, 0.25) is 0 Å². The lowest BCUT2D eigenvalue weighted by molar-refractivity contribution is -0.0283. The fourth-order valence-corrected chi connectivity index (χ4v) is 2.29. The van der Waals surface area contributed by atoms with Crippen molar-refractivity contribution in [1.82, 2.24) is 4.90 Å².